The van der Waals surface area contributed by atoms with E-state index in [4.69, 9.17) is 27.9 Å². The third-order valence-electron chi connectivity index (χ3n) is 4.62. The minimum absolute atomic E-state index is 0.0796. The fraction of sp³-hybridized carbons (Fsp3) is 0.350. The van der Waals surface area contributed by atoms with Crippen LogP contribution in [0, 0.1) is 5.92 Å². The lowest BCUT2D eigenvalue weighted by Gasteiger charge is -2.38. The summed E-state index contributed by atoms with van der Waals surface area (Å²) in [5.41, 5.74) is 1.07. The average Bonchev–Trinajstić information content (AvgIpc) is 2.64. The smallest absolute Gasteiger partial charge is 0.489 e. The molecule has 0 spiro atoms. The summed E-state index contributed by atoms with van der Waals surface area (Å²) in [5.74, 6) is -0.353. The van der Waals surface area contributed by atoms with E-state index in [1.54, 1.807) is 31.3 Å². The second-order valence-corrected chi connectivity index (χ2v) is 7.67. The van der Waals surface area contributed by atoms with Gasteiger partial charge in [0.25, 0.3) is 0 Å². The van der Waals surface area contributed by atoms with E-state index in [9.17, 15) is 18.0 Å². The third-order valence-corrected chi connectivity index (χ3v) is 5.36. The molecule has 1 N–H and O–H groups in total. The molecular weight excluding hydrogens is 444 g/mol. The first-order valence-corrected chi connectivity index (χ1v) is 9.79. The first-order chi connectivity index (χ1) is 14.1. The fourth-order valence-electron chi connectivity index (χ4n) is 3.08. The number of hydrogen-bond acceptors (Lipinski definition) is 4. The highest BCUT2D eigenvalue weighted by Gasteiger charge is 2.35. The van der Waals surface area contributed by atoms with Crippen LogP contribution in [0.15, 0.2) is 36.4 Å². The van der Waals surface area contributed by atoms with Crippen molar-refractivity contribution in [2.24, 2.45) is 5.92 Å². The monoisotopic (exact) mass is 462 g/mol. The van der Waals surface area contributed by atoms with Crippen LogP contribution in [0.4, 0.5) is 13.2 Å². The molecule has 1 aliphatic heterocycles. The van der Waals surface area contributed by atoms with E-state index in [1.807, 2.05) is 4.90 Å². The van der Waals surface area contributed by atoms with Gasteiger partial charge in [-0.15, -0.1) is 13.2 Å². The molecule has 3 rings (SSSR count). The molecule has 0 aromatic heterocycles. The van der Waals surface area contributed by atoms with Crippen LogP contribution in [-0.2, 0) is 17.9 Å². The number of benzene rings is 2. The highest BCUT2D eigenvalue weighted by Crippen LogP contribution is 2.33. The maximum absolute atomic E-state index is 12.9. The molecule has 1 aliphatic rings. The molecule has 1 amide bonds. The number of amides is 1. The van der Waals surface area contributed by atoms with Crippen molar-refractivity contribution >= 4 is 29.1 Å². The zero-order chi connectivity index (χ0) is 21.9. The van der Waals surface area contributed by atoms with Crippen molar-refractivity contribution in [3.63, 3.8) is 0 Å². The van der Waals surface area contributed by atoms with Gasteiger partial charge in [-0.2, -0.15) is 0 Å². The van der Waals surface area contributed by atoms with Crippen molar-refractivity contribution in [3.05, 3.63) is 57.6 Å². The molecule has 0 atom stereocenters. The van der Waals surface area contributed by atoms with Gasteiger partial charge in [-0.3, -0.25) is 9.69 Å². The first-order valence-electron chi connectivity index (χ1n) is 9.04. The topological polar surface area (TPSA) is 50.8 Å². The molecule has 1 heterocycles. The minimum Gasteiger partial charge on any atom is -0.489 e. The van der Waals surface area contributed by atoms with Gasteiger partial charge >= 0.3 is 6.36 Å². The molecule has 30 heavy (non-hydrogen) atoms. The first kappa shape index (κ1) is 22.5. The van der Waals surface area contributed by atoms with Crippen molar-refractivity contribution < 1.29 is 27.4 Å². The lowest BCUT2D eigenvalue weighted by molar-refractivity contribution is -0.275. The van der Waals surface area contributed by atoms with Crippen LogP contribution < -0.4 is 14.8 Å². The molecule has 1 saturated heterocycles. The molecular formula is C20H19Cl2F3N2O3. The Morgan fingerprint density at radius 1 is 1.17 bits per heavy atom. The van der Waals surface area contributed by atoms with E-state index in [0.717, 1.165) is 0 Å². The van der Waals surface area contributed by atoms with Gasteiger partial charge in [0.15, 0.2) is 0 Å². The van der Waals surface area contributed by atoms with E-state index in [2.05, 4.69) is 10.1 Å². The van der Waals surface area contributed by atoms with Crippen LogP contribution in [-0.4, -0.2) is 37.3 Å². The van der Waals surface area contributed by atoms with Gasteiger partial charge < -0.3 is 14.8 Å². The summed E-state index contributed by atoms with van der Waals surface area (Å²) in [6.45, 7) is 1.27. The Bertz CT molecular complexity index is 919. The molecule has 162 valence electrons. The second-order valence-electron chi connectivity index (χ2n) is 6.86. The van der Waals surface area contributed by atoms with Crippen LogP contribution >= 0.6 is 23.2 Å². The van der Waals surface area contributed by atoms with Gasteiger partial charge in [-0.1, -0.05) is 35.3 Å². The van der Waals surface area contributed by atoms with Crippen LogP contribution in [0.3, 0.4) is 0 Å². The van der Waals surface area contributed by atoms with Gasteiger partial charge in [0, 0.05) is 38.3 Å². The minimum atomic E-state index is -4.84. The SMILES string of the molecule is CNC(=O)C1CN(Cc2ccc(OCc3ccc(Cl)c(Cl)c3)cc2OC(F)(F)F)C1. The Balaban J connectivity index is 1.69. The number of likely N-dealkylation sites (tertiary alicyclic amines) is 1. The van der Waals surface area contributed by atoms with E-state index in [-0.39, 0.29) is 36.5 Å². The Morgan fingerprint density at radius 3 is 2.53 bits per heavy atom. The predicted octanol–water partition coefficient (Wildman–Crippen LogP) is 4.65. The Morgan fingerprint density at radius 2 is 1.90 bits per heavy atom. The number of halogens is 5. The van der Waals surface area contributed by atoms with Gasteiger partial charge in [-0.25, -0.2) is 0 Å². The Labute approximate surface area is 181 Å². The average molecular weight is 463 g/mol. The highest BCUT2D eigenvalue weighted by atomic mass is 35.5. The maximum Gasteiger partial charge on any atom is 0.573 e. The second kappa shape index (κ2) is 9.32. The standard InChI is InChI=1S/C20H19Cl2F3N2O3/c1-26-19(28)14-9-27(10-14)8-13-3-4-15(7-18(13)30-20(23,24)25)29-11-12-2-5-16(21)17(22)6-12/h2-7,14H,8-11H2,1H3,(H,26,28). The van der Waals surface area contributed by atoms with Crippen molar-refractivity contribution in [1.29, 1.82) is 0 Å². The fourth-order valence-corrected chi connectivity index (χ4v) is 3.40. The number of carbonyl (C=O) groups excluding carboxylic acids is 1. The van der Waals surface area contributed by atoms with E-state index in [1.165, 1.54) is 12.1 Å². The molecule has 0 bridgehead atoms. The summed E-state index contributed by atoms with van der Waals surface area (Å²) in [5, 5.41) is 3.32. The molecule has 10 heteroatoms. The maximum atomic E-state index is 12.9. The summed E-state index contributed by atoms with van der Waals surface area (Å²) >= 11 is 11.8. The number of rotatable bonds is 7. The van der Waals surface area contributed by atoms with Crippen molar-refractivity contribution in [2.45, 2.75) is 19.5 Å². The predicted molar refractivity (Wildman–Crippen MR) is 107 cm³/mol. The molecule has 2 aromatic carbocycles. The van der Waals surface area contributed by atoms with Crippen LogP contribution in [0.2, 0.25) is 10.0 Å². The molecule has 0 unspecified atom stereocenters. The number of nitrogens with one attached hydrogen (secondary N) is 1. The van der Waals surface area contributed by atoms with Crippen LogP contribution in [0.25, 0.3) is 0 Å². The largest absolute Gasteiger partial charge is 0.573 e. The molecule has 5 nitrogen and oxygen atoms in total. The summed E-state index contributed by atoms with van der Waals surface area (Å²) in [7, 11) is 1.55. The van der Waals surface area contributed by atoms with Gasteiger partial charge in [0.1, 0.15) is 18.1 Å². The molecule has 0 radical (unpaired) electrons. The van der Waals surface area contributed by atoms with Crippen LogP contribution in [0.5, 0.6) is 11.5 Å². The van der Waals surface area contributed by atoms with Gasteiger partial charge in [0.05, 0.1) is 16.0 Å². The third kappa shape index (κ3) is 5.93. The number of carbonyl (C=O) groups is 1. The number of hydrogen-bond donors (Lipinski definition) is 1. The van der Waals surface area contributed by atoms with Crippen molar-refractivity contribution in [2.75, 3.05) is 20.1 Å². The summed E-state index contributed by atoms with van der Waals surface area (Å²) < 4.78 is 48.4. The van der Waals surface area contributed by atoms with Crippen LogP contribution in [0.1, 0.15) is 11.1 Å². The summed E-state index contributed by atoms with van der Waals surface area (Å²) in [4.78, 5) is 13.4. The van der Waals surface area contributed by atoms with E-state index >= 15 is 0 Å². The lowest BCUT2D eigenvalue weighted by Crippen LogP contribution is -2.52. The van der Waals surface area contributed by atoms with Gasteiger partial charge in [0.2, 0.25) is 5.91 Å². The zero-order valence-electron chi connectivity index (χ0n) is 15.9. The Hall–Kier alpha value is -2.16. The molecule has 1 fully saturated rings. The summed E-state index contributed by atoms with van der Waals surface area (Å²) in [6.07, 6.45) is -4.84. The van der Waals surface area contributed by atoms with Gasteiger partial charge in [-0.05, 0) is 23.8 Å². The number of ether oxygens (including phenoxy) is 2. The van der Waals surface area contributed by atoms with E-state index in [0.29, 0.717) is 34.3 Å². The molecule has 0 saturated carbocycles. The Kier molecular flexibility index (Phi) is 7.00. The summed E-state index contributed by atoms with van der Waals surface area (Å²) in [6, 6.07) is 9.25. The van der Waals surface area contributed by atoms with Crippen molar-refractivity contribution in [3.8, 4) is 11.5 Å². The highest BCUT2D eigenvalue weighted by molar-refractivity contribution is 6.42. The number of nitrogens with zero attached hydrogens (tertiary/aromatic N) is 1. The lowest BCUT2D eigenvalue weighted by atomic mass is 9.98. The van der Waals surface area contributed by atoms with Crippen molar-refractivity contribution in [1.82, 2.24) is 10.2 Å². The molecule has 0 aliphatic carbocycles. The number of alkyl halides is 3. The molecule has 2 aromatic rings. The quantitative estimate of drug-likeness (QED) is 0.650. The zero-order valence-corrected chi connectivity index (χ0v) is 17.4. The normalized spacial score (nSPS) is 14.9. The van der Waals surface area contributed by atoms with E-state index < -0.39 is 6.36 Å².